The lowest BCUT2D eigenvalue weighted by molar-refractivity contribution is -0.187. The highest BCUT2D eigenvalue weighted by Crippen LogP contribution is 2.67. The van der Waals surface area contributed by atoms with Gasteiger partial charge in [-0.05, 0) is 5.92 Å². The zero-order chi connectivity index (χ0) is 10.1. The Balaban J connectivity index is 1.83. The van der Waals surface area contributed by atoms with Gasteiger partial charge in [-0.3, -0.25) is 4.79 Å². The maximum atomic E-state index is 11.0. The van der Waals surface area contributed by atoms with Gasteiger partial charge < -0.3 is 14.6 Å². The van der Waals surface area contributed by atoms with Crippen molar-refractivity contribution in [3.05, 3.63) is 0 Å². The smallest absolute Gasteiger partial charge is 0.308 e. The summed E-state index contributed by atoms with van der Waals surface area (Å²) in [6.45, 7) is 4.00. The first-order chi connectivity index (χ1) is 6.56. The summed E-state index contributed by atoms with van der Waals surface area (Å²) in [4.78, 5) is 11.0. The number of esters is 1. The highest BCUT2D eigenvalue weighted by atomic mass is 16.8. The van der Waals surface area contributed by atoms with Crippen LogP contribution < -0.4 is 0 Å². The second-order valence-corrected chi connectivity index (χ2v) is 4.85. The predicted octanol–water partition coefficient (Wildman–Crippen LogP) is 0.291. The number of aliphatic hydroxyl groups excluding tert-OH is 1. The maximum Gasteiger partial charge on any atom is 0.308 e. The van der Waals surface area contributed by atoms with E-state index in [4.69, 9.17) is 9.47 Å². The van der Waals surface area contributed by atoms with Crippen molar-refractivity contribution < 1.29 is 19.4 Å². The summed E-state index contributed by atoms with van der Waals surface area (Å²) in [5.41, 5.74) is 0. The van der Waals surface area contributed by atoms with Gasteiger partial charge in [-0.15, -0.1) is 0 Å². The van der Waals surface area contributed by atoms with Gasteiger partial charge in [-0.2, -0.15) is 0 Å². The van der Waals surface area contributed by atoms with Crippen molar-refractivity contribution in [1.29, 1.82) is 0 Å². The van der Waals surface area contributed by atoms with E-state index in [0.717, 1.165) is 0 Å². The standard InChI is InChI=1S/C10H14O4/c1-4(2)9-8(12)7-5-3-6(11)13-10(5,7)14-9/h4-5,7-9,12H,3H2,1-2H3. The Bertz CT molecular complexity index is 300. The molecule has 3 aliphatic rings. The molecule has 5 unspecified atom stereocenters. The number of fused-ring (bicyclic) bond motifs is 1. The molecule has 1 N–H and O–H groups in total. The summed E-state index contributed by atoms with van der Waals surface area (Å²) < 4.78 is 10.9. The van der Waals surface area contributed by atoms with E-state index in [-0.39, 0.29) is 29.8 Å². The number of carbonyl (C=O) groups is 1. The second kappa shape index (κ2) is 2.31. The summed E-state index contributed by atoms with van der Waals surface area (Å²) in [7, 11) is 0. The normalized spacial score (nSPS) is 54.4. The van der Waals surface area contributed by atoms with Crippen LogP contribution in [0.2, 0.25) is 0 Å². The Morgan fingerprint density at radius 1 is 1.57 bits per heavy atom. The summed E-state index contributed by atoms with van der Waals surface area (Å²) in [6, 6.07) is 0. The minimum Gasteiger partial charge on any atom is -0.432 e. The lowest BCUT2D eigenvalue weighted by Gasteiger charge is -2.22. The molecule has 0 amide bonds. The zero-order valence-corrected chi connectivity index (χ0v) is 8.27. The summed E-state index contributed by atoms with van der Waals surface area (Å²) in [6.07, 6.45) is -0.234. The van der Waals surface area contributed by atoms with Crippen molar-refractivity contribution in [1.82, 2.24) is 0 Å². The molecule has 78 valence electrons. The van der Waals surface area contributed by atoms with Crippen LogP contribution in [-0.2, 0) is 14.3 Å². The van der Waals surface area contributed by atoms with Crippen molar-refractivity contribution in [2.75, 3.05) is 0 Å². The van der Waals surface area contributed by atoms with Gasteiger partial charge in [0.1, 0.15) is 0 Å². The van der Waals surface area contributed by atoms with Crippen LogP contribution in [0.25, 0.3) is 0 Å². The fraction of sp³-hybridized carbons (Fsp3) is 0.900. The van der Waals surface area contributed by atoms with Crippen LogP contribution in [0, 0.1) is 17.8 Å². The maximum absolute atomic E-state index is 11.0. The van der Waals surface area contributed by atoms with Crippen LogP contribution in [0.5, 0.6) is 0 Å². The van der Waals surface area contributed by atoms with E-state index >= 15 is 0 Å². The SMILES string of the molecule is CC(C)C1OC23OC(=O)CC2C3C1O. The van der Waals surface area contributed by atoms with E-state index in [1.165, 1.54) is 0 Å². The van der Waals surface area contributed by atoms with Crippen LogP contribution in [0.15, 0.2) is 0 Å². The third-order valence-electron chi connectivity index (χ3n) is 3.65. The molecule has 2 aliphatic heterocycles. The van der Waals surface area contributed by atoms with Gasteiger partial charge in [0.15, 0.2) is 0 Å². The van der Waals surface area contributed by atoms with Gasteiger partial charge in [0.2, 0.25) is 5.79 Å². The first-order valence-corrected chi connectivity index (χ1v) is 5.14. The van der Waals surface area contributed by atoms with Crippen molar-refractivity contribution in [2.45, 2.75) is 38.3 Å². The minimum absolute atomic E-state index is 0.0348. The highest BCUT2D eigenvalue weighted by Gasteiger charge is 2.81. The highest BCUT2D eigenvalue weighted by molar-refractivity contribution is 5.75. The van der Waals surface area contributed by atoms with Gasteiger partial charge in [-0.25, -0.2) is 0 Å². The third kappa shape index (κ3) is 0.792. The quantitative estimate of drug-likeness (QED) is 0.615. The van der Waals surface area contributed by atoms with E-state index in [1.807, 2.05) is 13.8 Å². The van der Waals surface area contributed by atoms with Gasteiger partial charge >= 0.3 is 5.97 Å². The number of hydrogen-bond donors (Lipinski definition) is 1. The van der Waals surface area contributed by atoms with Gasteiger partial charge in [0.05, 0.1) is 24.5 Å². The molecular formula is C10H14O4. The monoisotopic (exact) mass is 198 g/mol. The van der Waals surface area contributed by atoms with Gasteiger partial charge in [0.25, 0.3) is 0 Å². The van der Waals surface area contributed by atoms with Crippen LogP contribution in [0.1, 0.15) is 20.3 Å². The van der Waals surface area contributed by atoms with Gasteiger partial charge in [-0.1, -0.05) is 13.8 Å². The topological polar surface area (TPSA) is 55.8 Å². The Hall–Kier alpha value is -0.610. The van der Waals surface area contributed by atoms with Crippen LogP contribution in [0.4, 0.5) is 0 Å². The molecule has 0 aromatic heterocycles. The minimum atomic E-state index is -0.731. The Kier molecular flexibility index (Phi) is 1.43. The third-order valence-corrected chi connectivity index (χ3v) is 3.65. The second-order valence-electron chi connectivity index (χ2n) is 4.85. The Morgan fingerprint density at radius 2 is 2.29 bits per heavy atom. The number of aliphatic hydroxyl groups is 1. The van der Waals surface area contributed by atoms with E-state index < -0.39 is 11.9 Å². The van der Waals surface area contributed by atoms with Crippen LogP contribution in [-0.4, -0.2) is 29.1 Å². The summed E-state index contributed by atoms with van der Waals surface area (Å²) >= 11 is 0. The number of carbonyl (C=O) groups excluding carboxylic acids is 1. The van der Waals surface area contributed by atoms with Crippen molar-refractivity contribution in [3.8, 4) is 0 Å². The number of ether oxygens (including phenoxy) is 2. The molecule has 1 saturated carbocycles. The number of rotatable bonds is 1. The van der Waals surface area contributed by atoms with Crippen molar-refractivity contribution >= 4 is 5.97 Å². The van der Waals surface area contributed by atoms with Crippen molar-refractivity contribution in [2.24, 2.45) is 17.8 Å². The molecule has 0 aromatic rings. The van der Waals surface area contributed by atoms with Crippen LogP contribution in [0.3, 0.4) is 0 Å². The lowest BCUT2D eigenvalue weighted by Crippen LogP contribution is -2.32. The predicted molar refractivity (Wildman–Crippen MR) is 46.1 cm³/mol. The largest absolute Gasteiger partial charge is 0.432 e. The molecular weight excluding hydrogens is 184 g/mol. The molecule has 2 heterocycles. The van der Waals surface area contributed by atoms with E-state index in [0.29, 0.717) is 6.42 Å². The molecule has 5 atom stereocenters. The Labute approximate surface area is 82.2 Å². The molecule has 4 nitrogen and oxygen atoms in total. The van der Waals surface area contributed by atoms with E-state index in [9.17, 15) is 9.90 Å². The van der Waals surface area contributed by atoms with Crippen LogP contribution >= 0.6 is 0 Å². The Morgan fingerprint density at radius 3 is 2.93 bits per heavy atom. The first-order valence-electron chi connectivity index (χ1n) is 5.14. The van der Waals surface area contributed by atoms with E-state index in [2.05, 4.69) is 0 Å². The van der Waals surface area contributed by atoms with E-state index in [1.54, 1.807) is 0 Å². The average Bonchev–Trinajstić information content (AvgIpc) is 2.41. The van der Waals surface area contributed by atoms with Gasteiger partial charge in [0, 0.05) is 5.92 Å². The lowest BCUT2D eigenvalue weighted by atomic mass is 9.98. The zero-order valence-electron chi connectivity index (χ0n) is 8.27. The molecule has 3 fully saturated rings. The fourth-order valence-corrected chi connectivity index (χ4v) is 2.93. The molecule has 14 heavy (non-hydrogen) atoms. The molecule has 1 spiro atoms. The molecule has 4 heteroatoms. The molecule has 0 bridgehead atoms. The number of hydrogen-bond acceptors (Lipinski definition) is 4. The summed E-state index contributed by atoms with van der Waals surface area (Å²) in [5, 5.41) is 9.94. The molecule has 2 saturated heterocycles. The fourth-order valence-electron chi connectivity index (χ4n) is 2.93. The molecule has 1 aliphatic carbocycles. The summed E-state index contributed by atoms with van der Waals surface area (Å²) in [5.74, 6) is -0.520. The molecule has 0 radical (unpaired) electrons. The first kappa shape index (κ1) is 8.68. The molecule has 0 aromatic carbocycles. The average molecular weight is 198 g/mol. The van der Waals surface area contributed by atoms with Crippen molar-refractivity contribution in [3.63, 3.8) is 0 Å². The molecule has 3 rings (SSSR count).